The second-order valence-electron chi connectivity index (χ2n) is 5.46. The van der Waals surface area contributed by atoms with Crippen LogP contribution < -0.4 is 5.32 Å². The number of anilines is 1. The summed E-state index contributed by atoms with van der Waals surface area (Å²) in [6, 6.07) is 18.0. The molecule has 24 heavy (non-hydrogen) atoms. The number of aromatic amines is 1. The minimum absolute atomic E-state index is 0.213. The topological polar surface area (TPSA) is 75.6 Å². The zero-order chi connectivity index (χ0) is 16.4. The highest BCUT2D eigenvalue weighted by Gasteiger charge is 2.16. The number of hydrogen-bond acceptors (Lipinski definition) is 3. The summed E-state index contributed by atoms with van der Waals surface area (Å²) in [6.45, 7) is 0.705. The van der Waals surface area contributed by atoms with Gasteiger partial charge in [0.2, 0.25) is 5.95 Å². The van der Waals surface area contributed by atoms with Crippen LogP contribution in [0.4, 0.5) is 5.95 Å². The number of amides is 1. The summed E-state index contributed by atoms with van der Waals surface area (Å²) in [4.78, 5) is 16.5. The van der Waals surface area contributed by atoms with Gasteiger partial charge in [0.05, 0.1) is 5.56 Å². The first-order valence-electron chi connectivity index (χ1n) is 7.60. The lowest BCUT2D eigenvalue weighted by atomic mass is 10.1. The van der Waals surface area contributed by atoms with E-state index in [1.807, 2.05) is 48.7 Å². The van der Waals surface area contributed by atoms with Crippen molar-refractivity contribution in [1.29, 1.82) is 0 Å². The number of nitrogens with one attached hydrogen (secondary N) is 2. The van der Waals surface area contributed by atoms with Crippen molar-refractivity contribution < 1.29 is 4.79 Å². The summed E-state index contributed by atoms with van der Waals surface area (Å²) in [5, 5.41) is 10.0. The summed E-state index contributed by atoms with van der Waals surface area (Å²) in [5.74, 6) is 0.120. The smallest absolute Gasteiger partial charge is 0.260 e. The lowest BCUT2D eigenvalue weighted by Crippen LogP contribution is -2.12. The molecule has 0 aliphatic carbocycles. The monoisotopic (exact) mass is 317 g/mol. The zero-order valence-corrected chi connectivity index (χ0v) is 12.8. The Hall–Kier alpha value is -3.41. The van der Waals surface area contributed by atoms with Gasteiger partial charge in [-0.25, -0.2) is 5.10 Å². The molecule has 0 unspecified atom stereocenters. The average molecular weight is 317 g/mol. The van der Waals surface area contributed by atoms with Crippen LogP contribution in [0.1, 0.15) is 15.9 Å². The highest BCUT2D eigenvalue weighted by molar-refractivity contribution is 6.12. The molecule has 4 aromatic rings. The number of benzene rings is 2. The summed E-state index contributed by atoms with van der Waals surface area (Å²) in [6.07, 6.45) is 3.23. The van der Waals surface area contributed by atoms with E-state index in [0.29, 0.717) is 18.1 Å². The lowest BCUT2D eigenvalue weighted by molar-refractivity contribution is 0.102. The number of hydrogen-bond donors (Lipinski definition) is 2. The molecule has 0 radical (unpaired) electrons. The number of H-pyrrole nitrogens is 1. The van der Waals surface area contributed by atoms with E-state index in [1.54, 1.807) is 0 Å². The predicted molar refractivity (Wildman–Crippen MR) is 91.8 cm³/mol. The van der Waals surface area contributed by atoms with Crippen molar-refractivity contribution in [3.05, 3.63) is 78.2 Å². The fourth-order valence-electron chi connectivity index (χ4n) is 2.78. The molecule has 6 heteroatoms. The molecule has 6 nitrogen and oxygen atoms in total. The molecule has 1 amide bonds. The van der Waals surface area contributed by atoms with Gasteiger partial charge in [0.25, 0.3) is 5.91 Å². The van der Waals surface area contributed by atoms with Gasteiger partial charge in [-0.1, -0.05) is 48.5 Å². The van der Waals surface area contributed by atoms with Crippen LogP contribution in [-0.2, 0) is 6.54 Å². The van der Waals surface area contributed by atoms with Crippen LogP contribution in [0.3, 0.4) is 0 Å². The summed E-state index contributed by atoms with van der Waals surface area (Å²) >= 11 is 0. The van der Waals surface area contributed by atoms with Gasteiger partial charge in [0, 0.05) is 23.6 Å². The molecule has 2 aromatic carbocycles. The van der Waals surface area contributed by atoms with Crippen LogP contribution in [0.25, 0.3) is 10.9 Å². The number of aromatic nitrogens is 4. The molecular formula is C18H15N5O. The Labute approximate surface area is 138 Å². The number of fused-ring (bicyclic) bond motifs is 1. The highest BCUT2D eigenvalue weighted by atomic mass is 16.1. The van der Waals surface area contributed by atoms with Gasteiger partial charge >= 0.3 is 0 Å². The van der Waals surface area contributed by atoms with E-state index in [4.69, 9.17) is 0 Å². The van der Waals surface area contributed by atoms with Crippen molar-refractivity contribution in [2.75, 3.05) is 5.32 Å². The molecule has 118 valence electrons. The van der Waals surface area contributed by atoms with Crippen molar-refractivity contribution in [2.24, 2.45) is 0 Å². The van der Waals surface area contributed by atoms with Gasteiger partial charge in [0.15, 0.2) is 0 Å². The third-order valence-corrected chi connectivity index (χ3v) is 3.88. The van der Waals surface area contributed by atoms with E-state index in [9.17, 15) is 4.79 Å². The molecule has 0 fully saturated rings. The van der Waals surface area contributed by atoms with Crippen LogP contribution in [-0.4, -0.2) is 25.7 Å². The second kappa shape index (κ2) is 6.00. The third-order valence-electron chi connectivity index (χ3n) is 3.88. The Morgan fingerprint density at radius 1 is 1.08 bits per heavy atom. The van der Waals surface area contributed by atoms with E-state index in [1.165, 1.54) is 11.9 Å². The standard InChI is InChI=1S/C18H15N5O/c24-17(21-18-19-12-20-22-18)15-11-23(10-13-6-2-1-3-7-13)16-9-5-4-8-14(15)16/h1-9,11-12H,10H2,(H2,19,20,21,22,24). The average Bonchev–Trinajstić information content (AvgIpc) is 3.24. The molecule has 0 atom stereocenters. The van der Waals surface area contributed by atoms with Crippen molar-refractivity contribution in [2.45, 2.75) is 6.54 Å². The lowest BCUT2D eigenvalue weighted by Gasteiger charge is -2.05. The maximum absolute atomic E-state index is 12.6. The van der Waals surface area contributed by atoms with Crippen molar-refractivity contribution >= 4 is 22.8 Å². The summed E-state index contributed by atoms with van der Waals surface area (Å²) in [5.41, 5.74) is 2.81. The molecule has 0 bridgehead atoms. The molecule has 0 aliphatic rings. The maximum Gasteiger partial charge on any atom is 0.260 e. The van der Waals surface area contributed by atoms with Gasteiger partial charge in [-0.15, -0.1) is 0 Å². The number of para-hydroxylation sites is 1. The number of nitrogens with zero attached hydrogens (tertiary/aromatic N) is 3. The molecule has 2 heterocycles. The van der Waals surface area contributed by atoms with E-state index in [0.717, 1.165) is 10.9 Å². The third kappa shape index (κ3) is 2.65. The summed E-state index contributed by atoms with van der Waals surface area (Å²) in [7, 11) is 0. The van der Waals surface area contributed by atoms with E-state index in [-0.39, 0.29) is 5.91 Å². The molecule has 0 saturated carbocycles. The van der Waals surface area contributed by atoms with Gasteiger partial charge in [0.1, 0.15) is 6.33 Å². The Balaban J connectivity index is 1.72. The SMILES string of the molecule is O=C(Nc1ncn[nH]1)c1cn(Cc2ccccc2)c2ccccc12. The zero-order valence-electron chi connectivity index (χ0n) is 12.8. The minimum Gasteiger partial charge on any atom is -0.342 e. The minimum atomic E-state index is -0.213. The Bertz CT molecular complexity index is 973. The normalized spacial score (nSPS) is 10.8. The Morgan fingerprint density at radius 2 is 1.88 bits per heavy atom. The molecule has 2 N–H and O–H groups in total. The van der Waals surface area contributed by atoms with Gasteiger partial charge in [-0.3, -0.25) is 10.1 Å². The molecule has 0 saturated heterocycles. The van der Waals surface area contributed by atoms with Crippen LogP contribution in [0, 0.1) is 0 Å². The van der Waals surface area contributed by atoms with Crippen molar-refractivity contribution in [3.63, 3.8) is 0 Å². The number of carbonyl (C=O) groups is 1. The van der Waals surface area contributed by atoms with E-state index >= 15 is 0 Å². The predicted octanol–water partition coefficient (Wildman–Crippen LogP) is 3.06. The van der Waals surface area contributed by atoms with Crippen LogP contribution in [0.5, 0.6) is 0 Å². The summed E-state index contributed by atoms with van der Waals surface area (Å²) < 4.78 is 2.08. The van der Waals surface area contributed by atoms with Gasteiger partial charge in [-0.05, 0) is 11.6 Å². The molecule has 4 rings (SSSR count). The fraction of sp³-hybridized carbons (Fsp3) is 0.0556. The second-order valence-corrected chi connectivity index (χ2v) is 5.46. The largest absolute Gasteiger partial charge is 0.342 e. The van der Waals surface area contributed by atoms with E-state index in [2.05, 4.69) is 37.2 Å². The van der Waals surface area contributed by atoms with Gasteiger partial charge in [-0.2, -0.15) is 10.1 Å². The molecular weight excluding hydrogens is 302 g/mol. The first-order valence-corrected chi connectivity index (χ1v) is 7.60. The number of carbonyl (C=O) groups excluding carboxylic acids is 1. The van der Waals surface area contributed by atoms with Crippen LogP contribution in [0.15, 0.2) is 67.1 Å². The fourth-order valence-corrected chi connectivity index (χ4v) is 2.78. The van der Waals surface area contributed by atoms with Crippen molar-refractivity contribution in [3.8, 4) is 0 Å². The first kappa shape index (κ1) is 14.2. The quantitative estimate of drug-likeness (QED) is 0.607. The highest BCUT2D eigenvalue weighted by Crippen LogP contribution is 2.23. The van der Waals surface area contributed by atoms with Crippen LogP contribution in [0.2, 0.25) is 0 Å². The molecule has 2 aromatic heterocycles. The Kier molecular flexibility index (Phi) is 3.55. The van der Waals surface area contributed by atoms with E-state index < -0.39 is 0 Å². The first-order chi connectivity index (χ1) is 11.8. The van der Waals surface area contributed by atoms with Crippen LogP contribution >= 0.6 is 0 Å². The van der Waals surface area contributed by atoms with Crippen molar-refractivity contribution in [1.82, 2.24) is 19.7 Å². The van der Waals surface area contributed by atoms with Gasteiger partial charge < -0.3 is 4.57 Å². The number of rotatable bonds is 4. The molecule has 0 spiro atoms. The Morgan fingerprint density at radius 3 is 2.67 bits per heavy atom. The molecule has 0 aliphatic heterocycles. The maximum atomic E-state index is 12.6.